The number of rotatable bonds is 4. The van der Waals surface area contributed by atoms with E-state index >= 15 is 0 Å². The van der Waals surface area contributed by atoms with Gasteiger partial charge in [-0.1, -0.05) is 19.3 Å². The summed E-state index contributed by atoms with van der Waals surface area (Å²) in [5.41, 5.74) is -0.0276. The van der Waals surface area contributed by atoms with Gasteiger partial charge in [0.1, 0.15) is 0 Å². The summed E-state index contributed by atoms with van der Waals surface area (Å²) in [6.45, 7) is 1.85. The zero-order valence-corrected chi connectivity index (χ0v) is 11.8. The lowest BCUT2D eigenvalue weighted by atomic mass is 9.71. The summed E-state index contributed by atoms with van der Waals surface area (Å²) in [5.74, 6) is -1.10. The van der Waals surface area contributed by atoms with Crippen molar-refractivity contribution in [2.24, 2.45) is 5.41 Å². The summed E-state index contributed by atoms with van der Waals surface area (Å²) >= 11 is 1.36. The Labute approximate surface area is 116 Å². The Morgan fingerprint density at radius 2 is 2.11 bits per heavy atom. The first-order chi connectivity index (χ1) is 9.02. The van der Waals surface area contributed by atoms with Crippen LogP contribution >= 0.6 is 11.3 Å². The monoisotopic (exact) mass is 282 g/mol. The van der Waals surface area contributed by atoms with Crippen molar-refractivity contribution >= 4 is 28.3 Å². The van der Waals surface area contributed by atoms with Gasteiger partial charge in [-0.2, -0.15) is 0 Å². The van der Waals surface area contributed by atoms with Crippen LogP contribution in [0.25, 0.3) is 0 Å². The van der Waals surface area contributed by atoms with Crippen molar-refractivity contribution in [3.05, 3.63) is 11.1 Å². The van der Waals surface area contributed by atoms with Crippen LogP contribution in [-0.2, 0) is 9.59 Å². The molecule has 0 saturated heterocycles. The molecule has 1 aromatic rings. The molecule has 1 aromatic heterocycles. The molecule has 1 heterocycles. The predicted octanol–water partition coefficient (Wildman–Crippen LogP) is 2.82. The molecule has 1 amide bonds. The van der Waals surface area contributed by atoms with E-state index in [1.165, 1.54) is 11.3 Å². The molecule has 2 N–H and O–H groups in total. The average Bonchev–Trinajstić information content (AvgIpc) is 2.75. The number of amides is 1. The SMILES string of the molecule is Cc1csc(NC(=O)CC2(C(=O)O)CCCCC2)n1. The van der Waals surface area contributed by atoms with Gasteiger partial charge in [-0.3, -0.25) is 9.59 Å². The molecule has 1 aliphatic rings. The Morgan fingerprint density at radius 3 is 2.63 bits per heavy atom. The lowest BCUT2D eigenvalue weighted by Crippen LogP contribution is -2.37. The van der Waals surface area contributed by atoms with Gasteiger partial charge < -0.3 is 10.4 Å². The first-order valence-electron chi connectivity index (χ1n) is 6.47. The molecule has 104 valence electrons. The molecule has 1 saturated carbocycles. The van der Waals surface area contributed by atoms with Gasteiger partial charge in [0, 0.05) is 11.8 Å². The Kier molecular flexibility index (Phi) is 4.19. The lowest BCUT2D eigenvalue weighted by Gasteiger charge is -2.32. The molecule has 0 aromatic carbocycles. The van der Waals surface area contributed by atoms with Crippen molar-refractivity contribution in [1.82, 2.24) is 4.98 Å². The van der Waals surface area contributed by atoms with Crippen molar-refractivity contribution < 1.29 is 14.7 Å². The molecule has 5 nitrogen and oxygen atoms in total. The van der Waals surface area contributed by atoms with Crippen LogP contribution in [0.2, 0.25) is 0 Å². The number of hydrogen-bond acceptors (Lipinski definition) is 4. The van der Waals surface area contributed by atoms with Gasteiger partial charge in [-0.05, 0) is 19.8 Å². The smallest absolute Gasteiger partial charge is 0.310 e. The summed E-state index contributed by atoms with van der Waals surface area (Å²) in [5, 5.41) is 14.5. The van der Waals surface area contributed by atoms with Crippen LogP contribution in [0.4, 0.5) is 5.13 Å². The number of thiazole rings is 1. The Morgan fingerprint density at radius 1 is 1.42 bits per heavy atom. The fraction of sp³-hybridized carbons (Fsp3) is 0.615. The van der Waals surface area contributed by atoms with Crippen LogP contribution in [0.1, 0.15) is 44.2 Å². The summed E-state index contributed by atoms with van der Waals surface area (Å²) < 4.78 is 0. The number of carbonyl (C=O) groups excluding carboxylic acids is 1. The minimum Gasteiger partial charge on any atom is -0.481 e. The summed E-state index contributed by atoms with van der Waals surface area (Å²) in [7, 11) is 0. The normalized spacial score (nSPS) is 17.9. The van der Waals surface area contributed by atoms with Crippen molar-refractivity contribution in [2.75, 3.05) is 5.32 Å². The van der Waals surface area contributed by atoms with E-state index in [1.807, 2.05) is 12.3 Å². The third-order valence-electron chi connectivity index (χ3n) is 3.63. The number of carboxylic acid groups (broad SMARTS) is 1. The van der Waals surface area contributed by atoms with Crippen LogP contribution in [-0.4, -0.2) is 22.0 Å². The van der Waals surface area contributed by atoms with Crippen molar-refractivity contribution in [3.63, 3.8) is 0 Å². The lowest BCUT2D eigenvalue weighted by molar-refractivity contribution is -0.153. The maximum Gasteiger partial charge on any atom is 0.310 e. The minimum atomic E-state index is -0.880. The molecule has 0 radical (unpaired) electrons. The number of nitrogens with one attached hydrogen (secondary N) is 1. The van der Waals surface area contributed by atoms with E-state index in [2.05, 4.69) is 10.3 Å². The van der Waals surface area contributed by atoms with Gasteiger partial charge in [0.25, 0.3) is 0 Å². The van der Waals surface area contributed by atoms with E-state index < -0.39 is 11.4 Å². The molecule has 0 aliphatic heterocycles. The number of nitrogens with zero attached hydrogens (tertiary/aromatic N) is 1. The summed E-state index contributed by atoms with van der Waals surface area (Å²) in [6.07, 6.45) is 4.05. The first kappa shape index (κ1) is 14.0. The molecule has 0 unspecified atom stereocenters. The molecule has 0 spiro atoms. The molecule has 1 aliphatic carbocycles. The third kappa shape index (κ3) is 3.32. The van der Waals surface area contributed by atoms with Crippen LogP contribution in [0.3, 0.4) is 0 Å². The van der Waals surface area contributed by atoms with E-state index in [0.717, 1.165) is 25.0 Å². The van der Waals surface area contributed by atoms with Gasteiger partial charge in [0.15, 0.2) is 5.13 Å². The zero-order chi connectivity index (χ0) is 13.9. The van der Waals surface area contributed by atoms with Crippen LogP contribution in [0.5, 0.6) is 0 Å². The molecular weight excluding hydrogens is 264 g/mol. The Bertz CT molecular complexity index is 478. The summed E-state index contributed by atoms with van der Waals surface area (Å²) in [4.78, 5) is 27.6. The molecule has 2 rings (SSSR count). The second-order valence-electron chi connectivity index (χ2n) is 5.17. The number of hydrogen-bond donors (Lipinski definition) is 2. The van der Waals surface area contributed by atoms with Gasteiger partial charge in [0.05, 0.1) is 11.1 Å². The highest BCUT2D eigenvalue weighted by Gasteiger charge is 2.41. The fourth-order valence-corrected chi connectivity index (χ4v) is 3.28. The first-order valence-corrected chi connectivity index (χ1v) is 7.35. The molecule has 6 heteroatoms. The topological polar surface area (TPSA) is 79.3 Å². The van der Waals surface area contributed by atoms with E-state index in [0.29, 0.717) is 18.0 Å². The van der Waals surface area contributed by atoms with Crippen molar-refractivity contribution in [1.29, 1.82) is 0 Å². The number of anilines is 1. The van der Waals surface area contributed by atoms with Gasteiger partial charge in [-0.15, -0.1) is 11.3 Å². The van der Waals surface area contributed by atoms with E-state index in [1.54, 1.807) is 0 Å². The molecule has 1 fully saturated rings. The summed E-state index contributed by atoms with van der Waals surface area (Å²) in [6, 6.07) is 0. The number of aryl methyl sites for hydroxylation is 1. The van der Waals surface area contributed by atoms with E-state index in [9.17, 15) is 14.7 Å². The number of aromatic nitrogens is 1. The fourth-order valence-electron chi connectivity index (χ4n) is 2.58. The van der Waals surface area contributed by atoms with E-state index in [4.69, 9.17) is 0 Å². The minimum absolute atomic E-state index is 0.0426. The number of carboxylic acids is 1. The zero-order valence-electron chi connectivity index (χ0n) is 10.9. The quantitative estimate of drug-likeness (QED) is 0.890. The highest BCUT2D eigenvalue weighted by atomic mass is 32.1. The molecule has 0 atom stereocenters. The van der Waals surface area contributed by atoms with Crippen LogP contribution in [0.15, 0.2) is 5.38 Å². The second kappa shape index (κ2) is 5.69. The predicted molar refractivity (Wildman–Crippen MR) is 73.3 cm³/mol. The largest absolute Gasteiger partial charge is 0.481 e. The number of carbonyl (C=O) groups is 2. The van der Waals surface area contributed by atoms with E-state index in [-0.39, 0.29) is 12.3 Å². The maximum atomic E-state index is 12.0. The standard InChI is InChI=1S/C13H18N2O3S/c1-9-8-19-12(14-9)15-10(16)7-13(11(17)18)5-3-2-4-6-13/h8H,2-7H2,1H3,(H,17,18)(H,14,15,16). The highest BCUT2D eigenvalue weighted by molar-refractivity contribution is 7.13. The second-order valence-corrected chi connectivity index (χ2v) is 6.02. The average molecular weight is 282 g/mol. The van der Waals surface area contributed by atoms with Crippen LogP contribution in [0, 0.1) is 12.3 Å². The Balaban J connectivity index is 2.01. The van der Waals surface area contributed by atoms with Crippen molar-refractivity contribution in [3.8, 4) is 0 Å². The van der Waals surface area contributed by atoms with Gasteiger partial charge in [0.2, 0.25) is 5.91 Å². The molecule has 0 bridgehead atoms. The van der Waals surface area contributed by atoms with Crippen molar-refractivity contribution in [2.45, 2.75) is 45.4 Å². The van der Waals surface area contributed by atoms with Gasteiger partial charge >= 0.3 is 5.97 Å². The highest BCUT2D eigenvalue weighted by Crippen LogP contribution is 2.39. The third-order valence-corrected chi connectivity index (χ3v) is 4.50. The Hall–Kier alpha value is -1.43. The van der Waals surface area contributed by atoms with Crippen LogP contribution < -0.4 is 5.32 Å². The maximum absolute atomic E-state index is 12.0. The molecule has 19 heavy (non-hydrogen) atoms. The number of aliphatic carboxylic acids is 1. The van der Waals surface area contributed by atoms with Gasteiger partial charge in [-0.25, -0.2) is 4.98 Å². The molecular formula is C13H18N2O3S.